The minimum atomic E-state index is -0.944. The Bertz CT molecular complexity index is 549. The maximum absolute atomic E-state index is 11.6. The van der Waals surface area contributed by atoms with Crippen molar-refractivity contribution in [2.75, 3.05) is 25.3 Å². The molecule has 0 saturated carbocycles. The van der Waals surface area contributed by atoms with Crippen molar-refractivity contribution in [2.24, 2.45) is 0 Å². The summed E-state index contributed by atoms with van der Waals surface area (Å²) >= 11 is 0. The first-order valence-corrected chi connectivity index (χ1v) is 7.69. The molecule has 0 aliphatic carbocycles. The Morgan fingerprint density at radius 3 is 2.06 bits per heavy atom. The standard InChI is InChI=1S/C13H15NOS.C2H6/c1-14(2)12-8-4-7-11-10(12)6-5-9-13(11)16(3)15;1-2/h4-9H,1-3H3;1-2H3. The van der Waals surface area contributed by atoms with E-state index >= 15 is 0 Å². The fourth-order valence-corrected chi connectivity index (χ4v) is 2.66. The average molecular weight is 263 g/mol. The first kappa shape index (κ1) is 14.7. The normalized spacial score (nSPS) is 11.6. The van der Waals surface area contributed by atoms with Crippen molar-refractivity contribution in [1.82, 2.24) is 0 Å². The first-order valence-electron chi connectivity index (χ1n) is 6.14. The molecule has 0 heterocycles. The molecule has 1 unspecified atom stereocenters. The Balaban J connectivity index is 0.000000771. The molecule has 0 fully saturated rings. The van der Waals surface area contributed by atoms with Gasteiger partial charge in [-0.2, -0.15) is 0 Å². The van der Waals surface area contributed by atoms with Crippen molar-refractivity contribution >= 4 is 27.3 Å². The predicted octanol–water partition coefficient (Wildman–Crippen LogP) is 3.67. The molecule has 2 aromatic rings. The second-order valence-electron chi connectivity index (χ2n) is 3.98. The second-order valence-corrected chi connectivity index (χ2v) is 5.33. The van der Waals surface area contributed by atoms with Gasteiger partial charge < -0.3 is 4.90 Å². The molecule has 0 N–H and O–H groups in total. The summed E-state index contributed by atoms with van der Waals surface area (Å²) in [7, 11) is 3.09. The summed E-state index contributed by atoms with van der Waals surface area (Å²) in [6.07, 6.45) is 1.72. The molecule has 2 rings (SSSR count). The highest BCUT2D eigenvalue weighted by molar-refractivity contribution is 7.84. The number of rotatable bonds is 2. The molecule has 2 aromatic carbocycles. The maximum Gasteiger partial charge on any atom is 0.0504 e. The molecule has 98 valence electrons. The molecule has 1 atom stereocenters. The zero-order chi connectivity index (χ0) is 13.7. The number of benzene rings is 2. The molecule has 0 aliphatic heterocycles. The van der Waals surface area contributed by atoms with E-state index in [0.717, 1.165) is 21.4 Å². The van der Waals surface area contributed by atoms with Crippen LogP contribution in [0.4, 0.5) is 5.69 Å². The van der Waals surface area contributed by atoms with Gasteiger partial charge in [-0.3, -0.25) is 4.21 Å². The van der Waals surface area contributed by atoms with Crippen LogP contribution < -0.4 is 4.90 Å². The molecule has 0 radical (unpaired) electrons. The zero-order valence-corrected chi connectivity index (χ0v) is 12.5. The first-order chi connectivity index (χ1) is 8.61. The molecular formula is C15H21NOS. The van der Waals surface area contributed by atoms with Crippen molar-refractivity contribution in [3.63, 3.8) is 0 Å². The minimum Gasteiger partial charge on any atom is -0.377 e. The third-order valence-corrected chi connectivity index (χ3v) is 3.63. The summed E-state index contributed by atoms with van der Waals surface area (Å²) in [6, 6.07) is 12.1. The molecule has 0 aliphatic rings. The van der Waals surface area contributed by atoms with Crippen LogP contribution in [0, 0.1) is 0 Å². The number of fused-ring (bicyclic) bond motifs is 1. The predicted molar refractivity (Wildman–Crippen MR) is 82.0 cm³/mol. The summed E-state index contributed by atoms with van der Waals surface area (Å²) in [6.45, 7) is 4.00. The lowest BCUT2D eigenvalue weighted by molar-refractivity contribution is 0.687. The van der Waals surface area contributed by atoms with E-state index in [4.69, 9.17) is 0 Å². The highest BCUT2D eigenvalue weighted by Gasteiger charge is 2.07. The molecule has 0 spiro atoms. The molecule has 0 aromatic heterocycles. The maximum atomic E-state index is 11.6. The van der Waals surface area contributed by atoms with Gasteiger partial charge in [0.15, 0.2) is 0 Å². The Hall–Kier alpha value is -1.35. The lowest BCUT2D eigenvalue weighted by atomic mass is 10.1. The van der Waals surface area contributed by atoms with E-state index in [1.54, 1.807) is 6.26 Å². The van der Waals surface area contributed by atoms with Crippen LogP contribution in [0.15, 0.2) is 41.3 Å². The Morgan fingerprint density at radius 2 is 1.50 bits per heavy atom. The number of anilines is 1. The summed E-state index contributed by atoms with van der Waals surface area (Å²) in [4.78, 5) is 2.98. The van der Waals surface area contributed by atoms with Crippen molar-refractivity contribution in [2.45, 2.75) is 18.7 Å². The molecular weight excluding hydrogens is 242 g/mol. The van der Waals surface area contributed by atoms with Gasteiger partial charge in [0.05, 0.1) is 10.8 Å². The van der Waals surface area contributed by atoms with Crippen LogP contribution in [0.1, 0.15) is 13.8 Å². The van der Waals surface area contributed by atoms with E-state index in [2.05, 4.69) is 17.0 Å². The largest absolute Gasteiger partial charge is 0.377 e. The van der Waals surface area contributed by atoms with Crippen LogP contribution in [0.5, 0.6) is 0 Å². The topological polar surface area (TPSA) is 20.3 Å². The quantitative estimate of drug-likeness (QED) is 0.824. The van der Waals surface area contributed by atoms with Crippen molar-refractivity contribution in [1.29, 1.82) is 0 Å². The van der Waals surface area contributed by atoms with Crippen molar-refractivity contribution < 1.29 is 4.21 Å². The molecule has 0 bridgehead atoms. The Labute approximate surface area is 112 Å². The van der Waals surface area contributed by atoms with Gasteiger partial charge >= 0.3 is 0 Å². The van der Waals surface area contributed by atoms with E-state index in [1.807, 2.05) is 52.2 Å². The monoisotopic (exact) mass is 263 g/mol. The summed E-state index contributed by atoms with van der Waals surface area (Å²) in [5, 5.41) is 2.23. The second kappa shape index (κ2) is 6.55. The van der Waals surface area contributed by atoms with Gasteiger partial charge in [0, 0.05) is 36.3 Å². The Morgan fingerprint density at radius 1 is 0.944 bits per heavy atom. The summed E-state index contributed by atoms with van der Waals surface area (Å²) < 4.78 is 11.6. The van der Waals surface area contributed by atoms with Crippen LogP contribution in [0.3, 0.4) is 0 Å². The molecule has 0 saturated heterocycles. The van der Waals surface area contributed by atoms with Gasteiger partial charge in [0.25, 0.3) is 0 Å². The highest BCUT2D eigenvalue weighted by atomic mass is 32.2. The summed E-state index contributed by atoms with van der Waals surface area (Å²) in [5.74, 6) is 0. The van der Waals surface area contributed by atoms with Crippen LogP contribution >= 0.6 is 0 Å². The van der Waals surface area contributed by atoms with E-state index in [9.17, 15) is 4.21 Å². The third kappa shape index (κ3) is 2.91. The van der Waals surface area contributed by atoms with Crippen LogP contribution in [0.25, 0.3) is 10.8 Å². The zero-order valence-electron chi connectivity index (χ0n) is 11.7. The fourth-order valence-electron chi connectivity index (χ4n) is 1.91. The minimum absolute atomic E-state index is 0.904. The smallest absolute Gasteiger partial charge is 0.0504 e. The SMILES string of the molecule is CC.CN(C)c1cccc2c(S(C)=O)cccc12. The van der Waals surface area contributed by atoms with Crippen molar-refractivity contribution in [3.05, 3.63) is 36.4 Å². The lowest BCUT2D eigenvalue weighted by Crippen LogP contribution is -2.09. The van der Waals surface area contributed by atoms with Gasteiger partial charge in [-0.1, -0.05) is 38.1 Å². The third-order valence-electron chi connectivity index (χ3n) is 2.65. The molecule has 2 nitrogen and oxygen atoms in total. The summed E-state index contributed by atoms with van der Waals surface area (Å²) in [5.41, 5.74) is 1.16. The van der Waals surface area contributed by atoms with E-state index in [0.29, 0.717) is 0 Å². The van der Waals surface area contributed by atoms with Crippen LogP contribution in [-0.4, -0.2) is 24.6 Å². The van der Waals surface area contributed by atoms with Gasteiger partial charge in [0.1, 0.15) is 0 Å². The van der Waals surface area contributed by atoms with E-state index in [-0.39, 0.29) is 0 Å². The molecule has 3 heteroatoms. The molecule has 18 heavy (non-hydrogen) atoms. The van der Waals surface area contributed by atoms with Gasteiger partial charge in [0.2, 0.25) is 0 Å². The van der Waals surface area contributed by atoms with Gasteiger partial charge in [-0.15, -0.1) is 0 Å². The van der Waals surface area contributed by atoms with Gasteiger partial charge in [-0.05, 0) is 17.5 Å². The lowest BCUT2D eigenvalue weighted by Gasteiger charge is -2.16. The fraction of sp³-hybridized carbons (Fsp3) is 0.333. The van der Waals surface area contributed by atoms with Gasteiger partial charge in [-0.25, -0.2) is 0 Å². The Kier molecular flexibility index (Phi) is 5.35. The average Bonchev–Trinajstić information content (AvgIpc) is 2.39. The van der Waals surface area contributed by atoms with Crippen molar-refractivity contribution in [3.8, 4) is 0 Å². The molecule has 0 amide bonds. The van der Waals surface area contributed by atoms with Crippen LogP contribution in [-0.2, 0) is 10.8 Å². The number of hydrogen-bond donors (Lipinski definition) is 0. The highest BCUT2D eigenvalue weighted by Crippen LogP contribution is 2.28. The van der Waals surface area contributed by atoms with E-state index < -0.39 is 10.8 Å². The number of nitrogens with zero attached hydrogens (tertiary/aromatic N) is 1. The number of hydrogen-bond acceptors (Lipinski definition) is 2. The van der Waals surface area contributed by atoms with Crippen LogP contribution in [0.2, 0.25) is 0 Å². The van der Waals surface area contributed by atoms with E-state index in [1.165, 1.54) is 0 Å².